The predicted molar refractivity (Wildman–Crippen MR) is 107 cm³/mol. The van der Waals surface area contributed by atoms with Gasteiger partial charge in [0.15, 0.2) is 5.82 Å². The number of nitrogens with two attached hydrogens (primary N) is 1. The first-order chi connectivity index (χ1) is 14.4. The first kappa shape index (κ1) is 19.2. The number of aromatic nitrogens is 4. The number of nitrogen functional groups attached to an aromatic ring is 1. The minimum absolute atomic E-state index is 0.00998. The average Bonchev–Trinajstić information content (AvgIpc) is 3.10. The van der Waals surface area contributed by atoms with Gasteiger partial charge < -0.3 is 11.1 Å². The molecule has 152 valence electrons. The highest BCUT2D eigenvalue weighted by atomic mass is 19.1. The summed E-state index contributed by atoms with van der Waals surface area (Å²) in [5.41, 5.74) is 6.20. The van der Waals surface area contributed by atoms with Crippen molar-refractivity contribution in [2.24, 2.45) is 0 Å². The number of pyridine rings is 2. The van der Waals surface area contributed by atoms with Crippen LogP contribution in [0.1, 0.15) is 12.6 Å². The van der Waals surface area contributed by atoms with Crippen LogP contribution < -0.4 is 16.6 Å². The largest absolute Gasteiger partial charge is 0.382 e. The van der Waals surface area contributed by atoms with E-state index < -0.39 is 22.9 Å². The Balaban J connectivity index is 1.98. The normalized spacial score (nSPS) is 11.0. The Morgan fingerprint density at radius 1 is 1.20 bits per heavy atom. The molecule has 10 heteroatoms. The molecule has 1 amide bonds. The number of H-pyrrole nitrogens is 1. The first-order valence-corrected chi connectivity index (χ1v) is 8.91. The van der Waals surface area contributed by atoms with E-state index in [1.54, 1.807) is 18.2 Å². The fraction of sp³-hybridized carbons (Fsp3) is 0.100. The van der Waals surface area contributed by atoms with Gasteiger partial charge in [-0.05, 0) is 24.3 Å². The molecule has 4 rings (SSSR count). The minimum Gasteiger partial charge on any atom is -0.382 e. The van der Waals surface area contributed by atoms with Crippen LogP contribution in [0.4, 0.5) is 14.6 Å². The molecule has 0 atom stereocenters. The maximum absolute atomic E-state index is 14.4. The molecule has 3 aromatic heterocycles. The van der Waals surface area contributed by atoms with Crippen molar-refractivity contribution in [2.45, 2.75) is 13.5 Å². The molecule has 0 radical (unpaired) electrons. The highest BCUT2D eigenvalue weighted by Crippen LogP contribution is 2.28. The number of anilines is 1. The van der Waals surface area contributed by atoms with Crippen molar-refractivity contribution in [3.05, 3.63) is 70.3 Å². The van der Waals surface area contributed by atoms with E-state index in [0.717, 1.165) is 16.7 Å². The van der Waals surface area contributed by atoms with Gasteiger partial charge in [-0.2, -0.15) is 5.10 Å². The molecule has 4 aromatic rings. The number of amides is 1. The van der Waals surface area contributed by atoms with Gasteiger partial charge in [0.05, 0.1) is 23.4 Å². The topological polar surface area (TPSA) is 119 Å². The number of hydrogen-bond acceptors (Lipinski definition) is 5. The molecule has 3 heterocycles. The Morgan fingerprint density at radius 3 is 2.60 bits per heavy atom. The summed E-state index contributed by atoms with van der Waals surface area (Å²) in [5.74, 6) is -2.13. The van der Waals surface area contributed by atoms with Crippen LogP contribution in [0.3, 0.4) is 0 Å². The van der Waals surface area contributed by atoms with Crippen molar-refractivity contribution in [2.75, 3.05) is 5.73 Å². The molecule has 0 fully saturated rings. The van der Waals surface area contributed by atoms with E-state index in [1.807, 2.05) is 0 Å². The summed E-state index contributed by atoms with van der Waals surface area (Å²) in [6.07, 6.45) is 1.29. The Kier molecular flexibility index (Phi) is 4.74. The maximum atomic E-state index is 14.4. The fourth-order valence-corrected chi connectivity index (χ4v) is 3.16. The predicted octanol–water partition coefficient (Wildman–Crippen LogP) is 2.27. The molecule has 0 aliphatic rings. The van der Waals surface area contributed by atoms with Gasteiger partial charge >= 0.3 is 0 Å². The summed E-state index contributed by atoms with van der Waals surface area (Å²) in [6, 6.07) is 8.40. The van der Waals surface area contributed by atoms with Crippen LogP contribution in [-0.2, 0) is 11.3 Å². The average molecular weight is 410 g/mol. The summed E-state index contributed by atoms with van der Waals surface area (Å²) < 4.78 is 29.7. The summed E-state index contributed by atoms with van der Waals surface area (Å²) in [7, 11) is 0. The van der Waals surface area contributed by atoms with Crippen LogP contribution in [0.25, 0.3) is 27.8 Å². The van der Waals surface area contributed by atoms with E-state index in [-0.39, 0.29) is 29.2 Å². The molecule has 0 spiro atoms. The third-order valence-corrected chi connectivity index (χ3v) is 4.53. The molecule has 8 nitrogen and oxygen atoms in total. The number of halogens is 2. The molecule has 4 N–H and O–H groups in total. The van der Waals surface area contributed by atoms with E-state index in [4.69, 9.17) is 5.73 Å². The van der Waals surface area contributed by atoms with Crippen LogP contribution in [0.2, 0.25) is 0 Å². The van der Waals surface area contributed by atoms with Gasteiger partial charge in [-0.1, -0.05) is 12.1 Å². The van der Waals surface area contributed by atoms with Crippen molar-refractivity contribution in [1.82, 2.24) is 25.1 Å². The number of nitrogens with one attached hydrogen (secondary N) is 2. The third-order valence-electron chi connectivity index (χ3n) is 4.53. The van der Waals surface area contributed by atoms with E-state index in [0.29, 0.717) is 17.0 Å². The zero-order valence-corrected chi connectivity index (χ0v) is 15.7. The number of rotatable bonds is 4. The lowest BCUT2D eigenvalue weighted by Gasteiger charge is -2.12. The van der Waals surface area contributed by atoms with E-state index in [2.05, 4.69) is 20.5 Å². The highest BCUT2D eigenvalue weighted by Gasteiger charge is 2.20. The molecule has 0 aliphatic carbocycles. The fourth-order valence-electron chi connectivity index (χ4n) is 3.16. The van der Waals surface area contributed by atoms with Gasteiger partial charge in [0.2, 0.25) is 5.91 Å². The SMILES string of the molecule is CC(=O)NCc1cccc(-c2cn(-c3c(F)cccc3F)c(=O)c3c(N)n[nH]c23)n1. The second-order valence-electron chi connectivity index (χ2n) is 6.57. The van der Waals surface area contributed by atoms with Gasteiger partial charge in [-0.3, -0.25) is 24.2 Å². The lowest BCUT2D eigenvalue weighted by molar-refractivity contribution is -0.119. The van der Waals surface area contributed by atoms with Crippen molar-refractivity contribution in [3.8, 4) is 16.9 Å². The van der Waals surface area contributed by atoms with Crippen LogP contribution >= 0.6 is 0 Å². The van der Waals surface area contributed by atoms with E-state index >= 15 is 0 Å². The minimum atomic E-state index is -0.906. The smallest absolute Gasteiger partial charge is 0.268 e. The van der Waals surface area contributed by atoms with Gasteiger partial charge in [0.25, 0.3) is 5.56 Å². The molecule has 0 bridgehead atoms. The van der Waals surface area contributed by atoms with Crippen LogP contribution in [0.5, 0.6) is 0 Å². The number of nitrogens with zero attached hydrogens (tertiary/aromatic N) is 3. The molecule has 0 aliphatic heterocycles. The van der Waals surface area contributed by atoms with Crippen molar-refractivity contribution in [3.63, 3.8) is 0 Å². The quantitative estimate of drug-likeness (QED) is 0.477. The number of aromatic amines is 1. The molecule has 0 saturated carbocycles. The molecule has 1 aromatic carbocycles. The first-order valence-electron chi connectivity index (χ1n) is 8.91. The molecule has 0 unspecified atom stereocenters. The van der Waals surface area contributed by atoms with Crippen LogP contribution in [-0.4, -0.2) is 25.7 Å². The van der Waals surface area contributed by atoms with Crippen LogP contribution in [0, 0.1) is 11.6 Å². The summed E-state index contributed by atoms with van der Waals surface area (Å²) in [5, 5.41) is 9.20. The molecular formula is C20H16F2N6O2. The third kappa shape index (κ3) is 3.28. The number of carbonyl (C=O) groups excluding carboxylic acids is 1. The standard InChI is InChI=1S/C20H16F2N6O2/c1-10(29)24-8-11-4-2-7-15(25-11)12-9-28(18-13(21)5-3-6-14(18)22)20(30)16-17(12)26-27-19(16)23/h2-7,9H,8H2,1H3,(H,24,29)(H3,23,26,27). The number of para-hydroxylation sites is 1. The summed E-state index contributed by atoms with van der Waals surface area (Å²) in [4.78, 5) is 28.6. The maximum Gasteiger partial charge on any atom is 0.268 e. The second kappa shape index (κ2) is 7.39. The Morgan fingerprint density at radius 2 is 1.90 bits per heavy atom. The van der Waals surface area contributed by atoms with Gasteiger partial charge in [-0.25, -0.2) is 8.78 Å². The van der Waals surface area contributed by atoms with Crippen molar-refractivity contribution >= 4 is 22.6 Å². The summed E-state index contributed by atoms with van der Waals surface area (Å²) in [6.45, 7) is 1.58. The molecular weight excluding hydrogens is 394 g/mol. The number of carbonyl (C=O) groups is 1. The van der Waals surface area contributed by atoms with Crippen molar-refractivity contribution < 1.29 is 13.6 Å². The second-order valence-corrected chi connectivity index (χ2v) is 6.57. The zero-order valence-electron chi connectivity index (χ0n) is 15.7. The van der Waals surface area contributed by atoms with Gasteiger partial charge in [0.1, 0.15) is 22.7 Å². The van der Waals surface area contributed by atoms with Crippen molar-refractivity contribution in [1.29, 1.82) is 0 Å². The van der Waals surface area contributed by atoms with E-state index in [1.165, 1.54) is 19.2 Å². The Bertz CT molecular complexity index is 1320. The van der Waals surface area contributed by atoms with Gasteiger partial charge in [0, 0.05) is 18.7 Å². The highest BCUT2D eigenvalue weighted by molar-refractivity contribution is 5.97. The molecule has 0 saturated heterocycles. The van der Waals surface area contributed by atoms with Gasteiger partial charge in [-0.15, -0.1) is 0 Å². The van der Waals surface area contributed by atoms with Crippen LogP contribution in [0.15, 0.2) is 47.4 Å². The Hall–Kier alpha value is -4.08. The summed E-state index contributed by atoms with van der Waals surface area (Å²) >= 11 is 0. The Labute approximate surface area is 168 Å². The number of hydrogen-bond donors (Lipinski definition) is 3. The monoisotopic (exact) mass is 410 g/mol. The lowest BCUT2D eigenvalue weighted by atomic mass is 10.1. The lowest BCUT2D eigenvalue weighted by Crippen LogP contribution is -2.21. The van der Waals surface area contributed by atoms with E-state index in [9.17, 15) is 18.4 Å². The zero-order chi connectivity index (χ0) is 21.4. The number of benzene rings is 1. The number of fused-ring (bicyclic) bond motifs is 1. The molecule has 30 heavy (non-hydrogen) atoms.